The molecule has 2 aliphatic heterocycles. The van der Waals surface area contributed by atoms with Crippen LogP contribution in [0.1, 0.15) is 0 Å². The molecule has 8 unspecified atom stereocenters. The highest BCUT2D eigenvalue weighted by Gasteiger charge is 2.53. The first kappa shape index (κ1) is 28.4. The molecule has 1 aromatic heterocycles. The van der Waals surface area contributed by atoms with Gasteiger partial charge in [-0.05, 0) is 35.9 Å². The Bertz CT molecular complexity index is 1380. The van der Waals surface area contributed by atoms with E-state index in [1.807, 2.05) is 0 Å². The number of hydrogen-bond donors (Lipinski definition) is 6. The van der Waals surface area contributed by atoms with E-state index in [2.05, 4.69) is 0 Å². The van der Waals surface area contributed by atoms with Crippen molar-refractivity contribution in [3.8, 4) is 22.6 Å². The fourth-order valence-corrected chi connectivity index (χ4v) is 4.65. The summed E-state index contributed by atoms with van der Waals surface area (Å²) >= 11 is 0. The van der Waals surface area contributed by atoms with E-state index in [-0.39, 0.29) is 22.1 Å². The molecule has 0 saturated carbocycles. The monoisotopic (exact) mass is 562 g/mol. The van der Waals surface area contributed by atoms with Crippen LogP contribution in [0.5, 0.6) is 11.5 Å². The van der Waals surface area contributed by atoms with Crippen molar-refractivity contribution < 1.29 is 58.7 Å². The second kappa shape index (κ2) is 11.4. The molecule has 3 aromatic rings. The quantitative estimate of drug-likeness (QED) is 0.198. The molecule has 0 spiro atoms. The average molecular weight is 563 g/mol. The molecule has 0 bridgehead atoms. The van der Waals surface area contributed by atoms with Crippen LogP contribution in [0.4, 0.5) is 0 Å². The second-order valence-electron chi connectivity index (χ2n) is 9.68. The molecule has 2 fully saturated rings. The number of rotatable bonds is 8. The van der Waals surface area contributed by atoms with E-state index < -0.39 is 68.5 Å². The Kier molecular flexibility index (Phi) is 8.10. The summed E-state index contributed by atoms with van der Waals surface area (Å²) in [7, 11) is 1.53. The number of benzene rings is 2. The lowest BCUT2D eigenvalue weighted by Gasteiger charge is -2.42. The first-order valence-corrected chi connectivity index (χ1v) is 12.5. The minimum Gasteiger partial charge on any atom is -0.497 e. The Labute approximate surface area is 227 Å². The third-order valence-corrected chi connectivity index (χ3v) is 7.09. The summed E-state index contributed by atoms with van der Waals surface area (Å²) in [6.07, 6.45) is -9.34. The zero-order valence-corrected chi connectivity index (χ0v) is 21.3. The van der Waals surface area contributed by atoms with Crippen LogP contribution in [0.2, 0.25) is 0 Å². The Morgan fingerprint density at radius 3 is 2.38 bits per heavy atom. The van der Waals surface area contributed by atoms with Gasteiger partial charge in [0.25, 0.3) is 0 Å². The highest BCUT2D eigenvalue weighted by molar-refractivity contribution is 5.82. The number of aliphatic hydroxyl groups is 6. The van der Waals surface area contributed by atoms with Crippen molar-refractivity contribution in [1.29, 1.82) is 0 Å². The number of ether oxygens (including phenoxy) is 5. The summed E-state index contributed by atoms with van der Waals surface area (Å²) in [4.78, 5) is 13.3. The molecule has 13 nitrogen and oxygen atoms in total. The predicted octanol–water partition coefficient (Wildman–Crippen LogP) is -0.888. The average Bonchev–Trinajstić information content (AvgIpc) is 3.26. The Balaban J connectivity index is 1.44. The van der Waals surface area contributed by atoms with Gasteiger partial charge in [0.1, 0.15) is 53.4 Å². The van der Waals surface area contributed by atoms with Gasteiger partial charge in [0.15, 0.2) is 12.4 Å². The molecule has 216 valence electrons. The normalized spacial score (nSPS) is 32.3. The zero-order chi connectivity index (χ0) is 28.6. The van der Waals surface area contributed by atoms with Crippen LogP contribution >= 0.6 is 0 Å². The molecule has 5 rings (SSSR count). The van der Waals surface area contributed by atoms with Gasteiger partial charge >= 0.3 is 0 Å². The van der Waals surface area contributed by atoms with Crippen LogP contribution < -0.4 is 14.9 Å². The van der Waals surface area contributed by atoms with E-state index >= 15 is 0 Å². The van der Waals surface area contributed by atoms with E-state index in [4.69, 9.17) is 28.1 Å². The SMILES string of the molecule is COc1ccc(-c2coc3ccc(OC4OC(CO)C(O)C(O)C4OC4OCC(O)(CO)C4O)cc3c2=O)cc1. The maximum absolute atomic E-state index is 13.3. The Hall–Kier alpha value is -3.11. The smallest absolute Gasteiger partial charge is 0.229 e. The molecule has 13 heteroatoms. The van der Waals surface area contributed by atoms with Crippen molar-refractivity contribution in [1.82, 2.24) is 0 Å². The summed E-state index contributed by atoms with van der Waals surface area (Å²) < 4.78 is 33.3. The number of fused-ring (bicyclic) bond motifs is 1. The van der Waals surface area contributed by atoms with Crippen LogP contribution in [-0.4, -0.2) is 106 Å². The summed E-state index contributed by atoms with van der Waals surface area (Å²) in [6, 6.07) is 11.2. The van der Waals surface area contributed by atoms with Crippen LogP contribution in [0.15, 0.2) is 57.9 Å². The molecule has 0 radical (unpaired) electrons. The first-order chi connectivity index (χ1) is 19.2. The molecule has 0 aliphatic carbocycles. The predicted molar refractivity (Wildman–Crippen MR) is 136 cm³/mol. The van der Waals surface area contributed by atoms with Gasteiger partial charge in [0.05, 0.1) is 37.9 Å². The third-order valence-electron chi connectivity index (χ3n) is 7.09. The summed E-state index contributed by atoms with van der Waals surface area (Å²) in [5.41, 5.74) is -1.16. The van der Waals surface area contributed by atoms with Gasteiger partial charge in [-0.25, -0.2) is 0 Å². The summed E-state index contributed by atoms with van der Waals surface area (Å²) in [6.45, 7) is -1.93. The molecular formula is C27H30O13. The summed E-state index contributed by atoms with van der Waals surface area (Å²) in [5.74, 6) is 0.726. The molecule has 2 aliphatic rings. The third kappa shape index (κ3) is 5.19. The van der Waals surface area contributed by atoms with Gasteiger partial charge < -0.3 is 58.7 Å². The molecule has 2 aromatic carbocycles. The lowest BCUT2D eigenvalue weighted by molar-refractivity contribution is -0.318. The van der Waals surface area contributed by atoms with Crippen LogP contribution in [0.25, 0.3) is 22.1 Å². The largest absolute Gasteiger partial charge is 0.497 e. The van der Waals surface area contributed by atoms with Crippen molar-refractivity contribution >= 4 is 11.0 Å². The van der Waals surface area contributed by atoms with Gasteiger partial charge in [-0.3, -0.25) is 4.79 Å². The lowest BCUT2D eigenvalue weighted by atomic mass is 9.98. The van der Waals surface area contributed by atoms with E-state index in [1.54, 1.807) is 24.3 Å². The highest BCUT2D eigenvalue weighted by atomic mass is 16.8. The van der Waals surface area contributed by atoms with Gasteiger partial charge in [-0.2, -0.15) is 0 Å². The van der Waals surface area contributed by atoms with Gasteiger partial charge in [-0.1, -0.05) is 12.1 Å². The number of methoxy groups -OCH3 is 1. The van der Waals surface area contributed by atoms with Crippen molar-refractivity contribution in [2.45, 2.75) is 48.7 Å². The van der Waals surface area contributed by atoms with Gasteiger partial charge in [0.2, 0.25) is 11.7 Å². The van der Waals surface area contributed by atoms with Crippen LogP contribution in [0, 0.1) is 0 Å². The molecule has 0 amide bonds. The minimum atomic E-state index is -2.00. The van der Waals surface area contributed by atoms with E-state index in [0.717, 1.165) is 0 Å². The van der Waals surface area contributed by atoms with E-state index in [0.29, 0.717) is 16.9 Å². The van der Waals surface area contributed by atoms with Crippen LogP contribution in [-0.2, 0) is 14.2 Å². The number of hydrogen-bond acceptors (Lipinski definition) is 13. The van der Waals surface area contributed by atoms with Crippen molar-refractivity contribution in [2.24, 2.45) is 0 Å². The summed E-state index contributed by atoms with van der Waals surface area (Å²) in [5, 5.41) is 61.1. The fourth-order valence-electron chi connectivity index (χ4n) is 4.65. The number of aliphatic hydroxyl groups excluding tert-OH is 5. The minimum absolute atomic E-state index is 0.102. The Morgan fingerprint density at radius 1 is 1.00 bits per heavy atom. The molecular weight excluding hydrogens is 532 g/mol. The molecule has 3 heterocycles. The van der Waals surface area contributed by atoms with Gasteiger partial charge in [0, 0.05) is 0 Å². The standard InChI is InChI=1S/C27H30O13/c1-35-14-4-2-13(3-5-14)17-10-36-18-7-6-15(8-16(18)20(17)30)38-25-23(22(32)21(31)19(9-28)39-25)40-26-24(33)27(34,11-29)12-37-26/h2-8,10,19,21-26,28-29,31-34H,9,11-12H2,1H3. The zero-order valence-electron chi connectivity index (χ0n) is 21.3. The Morgan fingerprint density at radius 2 is 1.73 bits per heavy atom. The van der Waals surface area contributed by atoms with Gasteiger partial charge in [-0.15, -0.1) is 0 Å². The molecule has 8 atom stereocenters. The van der Waals surface area contributed by atoms with E-state index in [9.17, 15) is 35.4 Å². The molecule has 40 heavy (non-hydrogen) atoms. The van der Waals surface area contributed by atoms with Crippen molar-refractivity contribution in [3.63, 3.8) is 0 Å². The molecule has 2 saturated heterocycles. The topological polar surface area (TPSA) is 198 Å². The first-order valence-electron chi connectivity index (χ1n) is 12.5. The second-order valence-corrected chi connectivity index (χ2v) is 9.68. The van der Waals surface area contributed by atoms with E-state index in [1.165, 1.54) is 31.6 Å². The molecule has 6 N–H and O–H groups in total. The van der Waals surface area contributed by atoms with Crippen LogP contribution in [0.3, 0.4) is 0 Å². The highest BCUT2D eigenvalue weighted by Crippen LogP contribution is 2.33. The van der Waals surface area contributed by atoms with Crippen molar-refractivity contribution in [2.75, 3.05) is 26.9 Å². The maximum atomic E-state index is 13.3. The maximum Gasteiger partial charge on any atom is 0.229 e. The lowest BCUT2D eigenvalue weighted by Crippen LogP contribution is -2.62. The van der Waals surface area contributed by atoms with Crippen molar-refractivity contribution in [3.05, 3.63) is 59.0 Å². The fraction of sp³-hybridized carbons (Fsp3) is 0.444.